The molecule has 53 heavy (non-hydrogen) atoms. The number of para-hydroxylation sites is 2. The summed E-state index contributed by atoms with van der Waals surface area (Å²) < 4.78 is 5.24. The molecular formula is C49H36N2S2. The Morgan fingerprint density at radius 3 is 1.47 bits per heavy atom. The normalized spacial score (nSPS) is 15.7. The van der Waals surface area contributed by atoms with E-state index in [1.807, 2.05) is 22.7 Å². The molecule has 2 heterocycles. The maximum atomic E-state index is 2.43. The van der Waals surface area contributed by atoms with Gasteiger partial charge < -0.3 is 9.80 Å². The van der Waals surface area contributed by atoms with Crippen LogP contribution in [0.2, 0.25) is 0 Å². The molecular weight excluding hydrogens is 681 g/mol. The van der Waals surface area contributed by atoms with Gasteiger partial charge in [-0.15, -0.1) is 22.7 Å². The Kier molecular flexibility index (Phi) is 7.75. The van der Waals surface area contributed by atoms with Gasteiger partial charge in [0.05, 0.1) is 20.8 Å². The molecule has 1 aliphatic rings. The first kappa shape index (κ1) is 31.8. The van der Waals surface area contributed by atoms with Crippen molar-refractivity contribution in [2.45, 2.75) is 18.8 Å². The highest BCUT2D eigenvalue weighted by Gasteiger charge is 2.28. The van der Waals surface area contributed by atoms with E-state index >= 15 is 0 Å². The SMILES string of the molecule is CC1(c2ccc(N(c3ccccc3)c3cccc4c3sc3ccccc34)cc2)C=CC(N(c2ccccc2)c2cccc3c2sc2ccccc23)=CC1. The van der Waals surface area contributed by atoms with E-state index in [9.17, 15) is 0 Å². The Labute approximate surface area is 317 Å². The minimum absolute atomic E-state index is 0.142. The molecule has 254 valence electrons. The minimum Gasteiger partial charge on any atom is -0.309 e. The number of anilines is 5. The van der Waals surface area contributed by atoms with Crippen molar-refractivity contribution >= 4 is 91.5 Å². The third-order valence-corrected chi connectivity index (χ3v) is 13.1. The molecule has 0 radical (unpaired) electrons. The van der Waals surface area contributed by atoms with Gasteiger partial charge in [-0.05, 0) is 78.7 Å². The van der Waals surface area contributed by atoms with Gasteiger partial charge in [-0.2, -0.15) is 0 Å². The zero-order chi connectivity index (χ0) is 35.4. The molecule has 1 aliphatic carbocycles. The summed E-state index contributed by atoms with van der Waals surface area (Å²) in [4.78, 5) is 4.84. The van der Waals surface area contributed by atoms with Crippen LogP contribution in [0, 0.1) is 0 Å². The monoisotopic (exact) mass is 716 g/mol. The van der Waals surface area contributed by atoms with Crippen LogP contribution in [0.15, 0.2) is 194 Å². The van der Waals surface area contributed by atoms with E-state index in [0.717, 1.165) is 23.5 Å². The number of fused-ring (bicyclic) bond motifs is 6. The summed E-state index contributed by atoms with van der Waals surface area (Å²) in [6.07, 6.45) is 8.05. The van der Waals surface area contributed by atoms with Gasteiger partial charge in [0, 0.05) is 59.1 Å². The smallest absolute Gasteiger partial charge is 0.0640 e. The van der Waals surface area contributed by atoms with Crippen LogP contribution in [0.25, 0.3) is 40.3 Å². The summed E-state index contributed by atoms with van der Waals surface area (Å²) >= 11 is 3.75. The van der Waals surface area contributed by atoms with Crippen LogP contribution in [-0.2, 0) is 5.41 Å². The Bertz CT molecular complexity index is 2830. The predicted molar refractivity (Wildman–Crippen MR) is 231 cm³/mol. The fourth-order valence-electron chi connectivity index (χ4n) is 7.92. The van der Waals surface area contributed by atoms with Crippen molar-refractivity contribution in [2.24, 2.45) is 0 Å². The number of allylic oxidation sites excluding steroid dienone is 3. The zero-order valence-corrected chi connectivity index (χ0v) is 30.9. The quantitative estimate of drug-likeness (QED) is 0.162. The third kappa shape index (κ3) is 5.45. The van der Waals surface area contributed by atoms with Gasteiger partial charge in [-0.1, -0.05) is 128 Å². The lowest BCUT2D eigenvalue weighted by molar-refractivity contribution is 0.595. The Hall–Kier alpha value is -5.94. The number of benzene rings is 7. The molecule has 1 unspecified atom stereocenters. The van der Waals surface area contributed by atoms with E-state index in [1.54, 1.807) is 0 Å². The van der Waals surface area contributed by atoms with Gasteiger partial charge in [0.1, 0.15) is 0 Å². The first-order valence-corrected chi connectivity index (χ1v) is 19.8. The van der Waals surface area contributed by atoms with E-state index in [-0.39, 0.29) is 5.41 Å². The number of hydrogen-bond acceptors (Lipinski definition) is 4. The van der Waals surface area contributed by atoms with Crippen molar-refractivity contribution in [1.82, 2.24) is 0 Å². The molecule has 9 aromatic rings. The highest BCUT2D eigenvalue weighted by molar-refractivity contribution is 7.26. The van der Waals surface area contributed by atoms with E-state index in [4.69, 9.17) is 0 Å². The van der Waals surface area contributed by atoms with Crippen LogP contribution in [0.4, 0.5) is 28.4 Å². The average molecular weight is 717 g/mol. The summed E-state index contributed by atoms with van der Waals surface area (Å²) in [5.74, 6) is 0. The molecule has 4 heteroatoms. The third-order valence-electron chi connectivity index (χ3n) is 10.7. The van der Waals surface area contributed by atoms with Crippen LogP contribution < -0.4 is 9.80 Å². The molecule has 0 bridgehead atoms. The van der Waals surface area contributed by atoms with E-state index in [2.05, 4.69) is 205 Å². The van der Waals surface area contributed by atoms with Crippen LogP contribution in [0.1, 0.15) is 18.9 Å². The molecule has 0 aliphatic heterocycles. The molecule has 7 aromatic carbocycles. The molecule has 0 spiro atoms. The number of rotatable bonds is 7. The van der Waals surface area contributed by atoms with Crippen LogP contribution in [0.3, 0.4) is 0 Å². The highest BCUT2D eigenvalue weighted by atomic mass is 32.1. The molecule has 0 fully saturated rings. The standard InChI is InChI=1S/C49H36N2S2/c1-49(32-30-38(31-33-49)51(36-16-6-3-7-17-36)44-23-13-21-42-40-19-9-11-25-46(40)53-48(42)44)34-26-28-37(29-27-34)50(35-14-4-2-5-15-35)43-22-12-20-41-39-18-8-10-24-45(39)52-47(41)43/h2-32H,33H2,1H3. The summed E-state index contributed by atoms with van der Waals surface area (Å²) in [6.45, 7) is 2.36. The van der Waals surface area contributed by atoms with Crippen LogP contribution >= 0.6 is 22.7 Å². The van der Waals surface area contributed by atoms with Crippen molar-refractivity contribution < 1.29 is 0 Å². The second kappa shape index (κ2) is 12.9. The predicted octanol–water partition coefficient (Wildman–Crippen LogP) is 14.8. The van der Waals surface area contributed by atoms with Gasteiger partial charge >= 0.3 is 0 Å². The van der Waals surface area contributed by atoms with Crippen molar-refractivity contribution in [1.29, 1.82) is 0 Å². The first-order valence-electron chi connectivity index (χ1n) is 18.2. The van der Waals surface area contributed by atoms with E-state index < -0.39 is 0 Å². The second-order valence-electron chi connectivity index (χ2n) is 14.0. The summed E-state index contributed by atoms with van der Waals surface area (Å²) in [6, 6.07) is 61.7. The molecule has 0 amide bonds. The lowest BCUT2D eigenvalue weighted by atomic mass is 9.76. The Morgan fingerprint density at radius 2 is 0.925 bits per heavy atom. The van der Waals surface area contributed by atoms with Crippen LogP contribution in [0.5, 0.6) is 0 Å². The van der Waals surface area contributed by atoms with Crippen LogP contribution in [-0.4, -0.2) is 0 Å². The Balaban J connectivity index is 1.01. The minimum atomic E-state index is -0.142. The second-order valence-corrected chi connectivity index (χ2v) is 16.1. The lowest BCUT2D eigenvalue weighted by Gasteiger charge is -2.34. The largest absolute Gasteiger partial charge is 0.309 e. The number of nitrogens with zero attached hydrogens (tertiary/aromatic N) is 2. The first-order chi connectivity index (χ1) is 26.1. The van der Waals surface area contributed by atoms with Gasteiger partial charge in [-0.3, -0.25) is 0 Å². The maximum Gasteiger partial charge on any atom is 0.0640 e. The van der Waals surface area contributed by atoms with Crippen molar-refractivity contribution in [3.8, 4) is 0 Å². The van der Waals surface area contributed by atoms with Crippen molar-refractivity contribution in [3.63, 3.8) is 0 Å². The van der Waals surface area contributed by atoms with E-state index in [1.165, 1.54) is 63.0 Å². The number of thiophene rings is 2. The van der Waals surface area contributed by atoms with E-state index in [0.29, 0.717) is 0 Å². The van der Waals surface area contributed by atoms with Gasteiger partial charge in [0.2, 0.25) is 0 Å². The van der Waals surface area contributed by atoms with Gasteiger partial charge in [0.15, 0.2) is 0 Å². The average Bonchev–Trinajstić information content (AvgIpc) is 3.80. The fraction of sp³-hybridized carbons (Fsp3) is 0.0612. The highest BCUT2D eigenvalue weighted by Crippen LogP contribution is 2.47. The summed E-state index contributed by atoms with van der Waals surface area (Å²) in [7, 11) is 0. The maximum absolute atomic E-state index is 2.43. The lowest BCUT2D eigenvalue weighted by Crippen LogP contribution is -2.24. The fourth-order valence-corrected chi connectivity index (χ4v) is 10.3. The molecule has 2 nitrogen and oxygen atoms in total. The zero-order valence-electron chi connectivity index (χ0n) is 29.3. The van der Waals surface area contributed by atoms with Gasteiger partial charge in [0.25, 0.3) is 0 Å². The molecule has 0 saturated heterocycles. The topological polar surface area (TPSA) is 6.48 Å². The number of hydrogen-bond donors (Lipinski definition) is 0. The van der Waals surface area contributed by atoms with Crippen molar-refractivity contribution in [3.05, 3.63) is 199 Å². The molecule has 1 atom stereocenters. The molecule has 2 aromatic heterocycles. The summed E-state index contributed by atoms with van der Waals surface area (Å²) in [5, 5.41) is 5.24. The molecule has 0 N–H and O–H groups in total. The van der Waals surface area contributed by atoms with Gasteiger partial charge in [-0.25, -0.2) is 0 Å². The summed E-state index contributed by atoms with van der Waals surface area (Å²) in [5.41, 5.74) is 8.24. The molecule has 10 rings (SSSR count). The van der Waals surface area contributed by atoms with Crippen molar-refractivity contribution in [2.75, 3.05) is 9.80 Å². The molecule has 0 saturated carbocycles. The Morgan fingerprint density at radius 1 is 0.453 bits per heavy atom.